The summed E-state index contributed by atoms with van der Waals surface area (Å²) in [4.78, 5) is 55.0. The van der Waals surface area contributed by atoms with E-state index in [1.54, 1.807) is 12.1 Å². The molecule has 2 saturated heterocycles. The van der Waals surface area contributed by atoms with E-state index in [0.717, 1.165) is 33.4 Å². The first-order chi connectivity index (χ1) is 28.8. The van der Waals surface area contributed by atoms with Crippen LogP contribution < -0.4 is 40.2 Å². The van der Waals surface area contributed by atoms with Crippen molar-refractivity contribution in [2.45, 2.75) is 77.9 Å². The quantitative estimate of drug-likeness (QED) is 0.0640. The molecule has 60 heavy (non-hydrogen) atoms. The van der Waals surface area contributed by atoms with Crippen LogP contribution in [0.3, 0.4) is 0 Å². The number of benzene rings is 2. The van der Waals surface area contributed by atoms with Gasteiger partial charge >= 0.3 is 11.9 Å². The molecule has 6 N–H and O–H groups in total. The van der Waals surface area contributed by atoms with Crippen LogP contribution in [0.2, 0.25) is 0 Å². The number of hydrogen-bond acceptors (Lipinski definition) is 12. The van der Waals surface area contributed by atoms with Gasteiger partial charge in [-0.3, -0.25) is 19.2 Å². The van der Waals surface area contributed by atoms with Crippen molar-refractivity contribution in [1.29, 1.82) is 0 Å². The third kappa shape index (κ3) is 11.9. The molecule has 0 spiro atoms. The van der Waals surface area contributed by atoms with Crippen molar-refractivity contribution in [3.8, 4) is 34.6 Å². The van der Waals surface area contributed by atoms with Gasteiger partial charge in [-0.2, -0.15) is 9.97 Å². The molecule has 2 aromatic carbocycles. The minimum Gasteiger partial charge on any atom is -0.480 e. The van der Waals surface area contributed by atoms with Gasteiger partial charge in [-0.15, -0.1) is 0 Å². The normalized spacial score (nSPS) is 16.0. The third-order valence-corrected chi connectivity index (χ3v) is 11.2. The van der Waals surface area contributed by atoms with Crippen molar-refractivity contribution in [2.24, 2.45) is 0 Å². The highest BCUT2D eigenvalue weighted by molar-refractivity contribution is 9.10. The number of nitrogens with one attached hydrogen (secondary N) is 4. The predicted molar refractivity (Wildman–Crippen MR) is 226 cm³/mol. The predicted octanol–water partition coefficient (Wildman–Crippen LogP) is 5.11. The number of rotatable bonds is 21. The maximum absolute atomic E-state index is 11.7. The summed E-state index contributed by atoms with van der Waals surface area (Å²) in [6.45, 7) is 4.80. The van der Waals surface area contributed by atoms with Crippen molar-refractivity contribution in [3.05, 3.63) is 90.9 Å². The highest BCUT2D eigenvalue weighted by Crippen LogP contribution is 2.35. The van der Waals surface area contributed by atoms with Crippen LogP contribution in [0.1, 0.15) is 59.1 Å². The van der Waals surface area contributed by atoms with E-state index in [-0.39, 0.29) is 88.3 Å². The lowest BCUT2D eigenvalue weighted by molar-refractivity contribution is -0.137. The second-order valence-electron chi connectivity index (χ2n) is 14.5. The smallest absolute Gasteiger partial charge is 0.317 e. The first-order valence-corrected chi connectivity index (χ1v) is 20.9. The first kappa shape index (κ1) is 44.3. The second kappa shape index (κ2) is 20.8. The largest absolute Gasteiger partial charge is 0.480 e. The Morgan fingerprint density at radius 2 is 1.08 bits per heavy atom. The van der Waals surface area contributed by atoms with Gasteiger partial charge in [0.25, 0.3) is 0 Å². The van der Waals surface area contributed by atoms with Gasteiger partial charge in [0.05, 0.1) is 34.1 Å². The number of hydrogen-bond donors (Lipinski definition) is 6. The lowest BCUT2D eigenvalue weighted by Gasteiger charge is -2.19. The van der Waals surface area contributed by atoms with E-state index >= 15 is 0 Å². The summed E-state index contributed by atoms with van der Waals surface area (Å²) >= 11 is 7.13. The van der Waals surface area contributed by atoms with Gasteiger partial charge in [0.15, 0.2) is 0 Å². The second-order valence-corrected chi connectivity index (χ2v) is 16.2. The molecule has 2 atom stereocenters. The molecule has 0 saturated carbocycles. The summed E-state index contributed by atoms with van der Waals surface area (Å²) in [6.07, 6.45) is 2.16. The summed E-state index contributed by atoms with van der Waals surface area (Å²) in [5, 5.41) is 29.7. The van der Waals surface area contributed by atoms with Crippen LogP contribution in [0.15, 0.2) is 57.5 Å². The number of nitrogens with zero attached hydrogens (tertiary/aromatic N) is 2. The van der Waals surface area contributed by atoms with Crippen LogP contribution in [0.25, 0.3) is 11.1 Å². The molecule has 0 bridgehead atoms. The van der Waals surface area contributed by atoms with Crippen LogP contribution in [0, 0.1) is 13.8 Å². The molecule has 2 fully saturated rings. The maximum Gasteiger partial charge on any atom is 0.317 e. The van der Waals surface area contributed by atoms with Gasteiger partial charge in [-0.1, -0.05) is 36.4 Å². The number of ether oxygens (including phenoxy) is 4. The first-order valence-electron chi connectivity index (χ1n) is 19.4. The topological polar surface area (TPSA) is 220 Å². The van der Waals surface area contributed by atoms with Crippen molar-refractivity contribution < 1.29 is 48.3 Å². The Labute approximate surface area is 363 Å². The van der Waals surface area contributed by atoms with Crippen LogP contribution in [-0.4, -0.2) is 82.3 Å². The van der Waals surface area contributed by atoms with Crippen LogP contribution >= 0.6 is 31.9 Å². The maximum atomic E-state index is 11.7. The minimum absolute atomic E-state index is 0.0280. The van der Waals surface area contributed by atoms with E-state index in [4.69, 9.17) is 29.2 Å². The fourth-order valence-corrected chi connectivity index (χ4v) is 7.78. The average molecular weight is 955 g/mol. The molecule has 16 nitrogen and oxygen atoms in total. The van der Waals surface area contributed by atoms with Gasteiger partial charge in [0.1, 0.15) is 26.4 Å². The van der Waals surface area contributed by atoms with Crippen LogP contribution in [-0.2, 0) is 45.5 Å². The average Bonchev–Trinajstić information content (AvgIpc) is 3.83. The summed E-state index contributed by atoms with van der Waals surface area (Å²) < 4.78 is 25.8. The Bertz CT molecular complexity index is 2090. The number of aromatic nitrogens is 2. The lowest BCUT2D eigenvalue weighted by Crippen LogP contribution is -2.31. The van der Waals surface area contributed by atoms with Gasteiger partial charge < -0.3 is 50.4 Å². The molecule has 4 aromatic rings. The molecular formula is C42H46Br2N6O10. The van der Waals surface area contributed by atoms with Crippen molar-refractivity contribution in [1.82, 2.24) is 31.2 Å². The van der Waals surface area contributed by atoms with Gasteiger partial charge in [0.2, 0.25) is 35.3 Å². The molecule has 0 aliphatic carbocycles. The summed E-state index contributed by atoms with van der Waals surface area (Å²) in [5.41, 5.74) is 7.17. The Morgan fingerprint density at radius 3 is 1.45 bits per heavy atom. The van der Waals surface area contributed by atoms with E-state index < -0.39 is 11.9 Å². The molecule has 6 rings (SSSR count). The number of aliphatic carboxylic acids is 2. The van der Waals surface area contributed by atoms with Gasteiger partial charge in [-0.05, 0) is 104 Å². The highest BCUT2D eigenvalue weighted by atomic mass is 79.9. The summed E-state index contributed by atoms with van der Waals surface area (Å²) in [5.74, 6) is -0.880. The zero-order chi connectivity index (χ0) is 42.8. The number of amides is 2. The number of carbonyl (C=O) groups is 4. The SMILES string of the molecule is Cc1c(COc2nc(OC[C@H]3CCC(=O)N3)c(CNCC(=O)O)cc2Br)cccc1-c1cccc(COc2nc(OC[C@H]3CCC(=O)N3)c(CNCC(=O)O)cc2Br)c1C. The Morgan fingerprint density at radius 1 is 0.667 bits per heavy atom. The van der Waals surface area contributed by atoms with E-state index in [1.165, 1.54) is 0 Å². The summed E-state index contributed by atoms with van der Waals surface area (Å²) in [6, 6.07) is 15.3. The molecule has 2 aliphatic heterocycles. The van der Waals surface area contributed by atoms with E-state index in [1.807, 2.05) is 38.1 Å². The Hall–Kier alpha value is -5.30. The van der Waals surface area contributed by atoms with Gasteiger partial charge in [0, 0.05) is 37.1 Å². The van der Waals surface area contributed by atoms with Crippen molar-refractivity contribution in [3.63, 3.8) is 0 Å². The molecule has 0 radical (unpaired) electrons. The molecular weight excluding hydrogens is 908 g/mol. The van der Waals surface area contributed by atoms with Crippen molar-refractivity contribution >= 4 is 55.6 Å². The minimum atomic E-state index is -0.988. The Kier molecular flexibility index (Phi) is 15.3. The number of carboxylic acids is 2. The van der Waals surface area contributed by atoms with Crippen LogP contribution in [0.5, 0.6) is 23.5 Å². The number of halogens is 2. The monoisotopic (exact) mass is 952 g/mol. The summed E-state index contributed by atoms with van der Waals surface area (Å²) in [7, 11) is 0. The zero-order valence-electron chi connectivity index (χ0n) is 33.1. The molecule has 0 unspecified atom stereocenters. The number of carboxylic acid groups (broad SMARTS) is 2. The fourth-order valence-electron chi connectivity index (χ4n) is 6.82. The standard InChI is InChI=1S/C42H46Br2N6O10/c1-23-25(19-57-41-33(43)13-27(15-45-17-37(53)54)39(49-41)59-21-29-9-11-35(51)47-29)5-3-7-31(23)32-8-4-6-26(24(32)2)20-58-42-34(44)14-28(16-46-18-38(55)56)40(50-42)60-22-30-10-12-36(52)48-30/h3-8,13-14,29-30,45-46H,9-12,15-22H2,1-2H3,(H,47,51)(H,48,52)(H,53,54)(H,55,56)/t29-,30-/m1/s1. The fraction of sp³-hybridized carbons (Fsp3) is 0.381. The lowest BCUT2D eigenvalue weighted by atomic mass is 9.92. The van der Waals surface area contributed by atoms with E-state index in [2.05, 4.69) is 75.2 Å². The molecule has 2 aliphatic rings. The molecule has 4 heterocycles. The third-order valence-electron chi connectivity index (χ3n) is 10.1. The molecule has 2 aromatic heterocycles. The van der Waals surface area contributed by atoms with E-state index in [0.29, 0.717) is 57.5 Å². The number of carbonyl (C=O) groups excluding carboxylic acids is 2. The van der Waals surface area contributed by atoms with Crippen molar-refractivity contribution in [2.75, 3.05) is 26.3 Å². The number of pyridine rings is 2. The van der Waals surface area contributed by atoms with Gasteiger partial charge in [-0.25, -0.2) is 0 Å². The van der Waals surface area contributed by atoms with Crippen LogP contribution in [0.4, 0.5) is 0 Å². The zero-order valence-corrected chi connectivity index (χ0v) is 36.2. The molecule has 18 heteroatoms. The highest BCUT2D eigenvalue weighted by Gasteiger charge is 2.24. The molecule has 318 valence electrons. The molecule has 2 amide bonds. The Balaban J connectivity index is 1.16. The van der Waals surface area contributed by atoms with E-state index in [9.17, 15) is 19.2 Å².